The van der Waals surface area contributed by atoms with Gasteiger partial charge in [-0.3, -0.25) is 0 Å². The van der Waals surface area contributed by atoms with E-state index in [1.165, 1.54) is 4.90 Å². The molecule has 0 spiro atoms. The summed E-state index contributed by atoms with van der Waals surface area (Å²) < 4.78 is 37.7. The van der Waals surface area contributed by atoms with Gasteiger partial charge in [0.05, 0.1) is 0 Å². The lowest BCUT2D eigenvalue weighted by atomic mass is 10.2. The molecular formula is C12H14ClF3N2. The Kier molecular flexibility index (Phi) is 3.71. The van der Waals surface area contributed by atoms with E-state index in [-0.39, 0.29) is 11.9 Å². The predicted octanol–water partition coefficient (Wildman–Crippen LogP) is 3.66. The summed E-state index contributed by atoms with van der Waals surface area (Å²) in [6.45, 7) is 0.814. The second kappa shape index (κ2) is 4.96. The van der Waals surface area contributed by atoms with E-state index in [0.717, 1.165) is 18.4 Å². The van der Waals surface area contributed by atoms with Gasteiger partial charge in [0.2, 0.25) is 0 Å². The van der Waals surface area contributed by atoms with Gasteiger partial charge in [0.1, 0.15) is 12.4 Å². The highest BCUT2D eigenvalue weighted by Crippen LogP contribution is 2.34. The number of anilines is 1. The minimum Gasteiger partial charge on any atom is -0.345 e. The molecule has 0 N–H and O–H groups in total. The van der Waals surface area contributed by atoms with Crippen LogP contribution >= 0.6 is 11.6 Å². The van der Waals surface area contributed by atoms with Crippen molar-refractivity contribution in [1.29, 1.82) is 0 Å². The number of alkyl halides is 4. The molecule has 1 saturated carbocycles. The molecular weight excluding hydrogens is 265 g/mol. The topological polar surface area (TPSA) is 16.1 Å². The molecule has 18 heavy (non-hydrogen) atoms. The lowest BCUT2D eigenvalue weighted by Gasteiger charge is -2.25. The van der Waals surface area contributed by atoms with Crippen LogP contribution in [0.25, 0.3) is 0 Å². The van der Waals surface area contributed by atoms with Crippen molar-refractivity contribution in [1.82, 2.24) is 4.98 Å². The molecule has 0 atom stereocenters. The molecule has 1 aliphatic rings. The largest absolute Gasteiger partial charge is 0.405 e. The van der Waals surface area contributed by atoms with E-state index in [9.17, 15) is 13.2 Å². The van der Waals surface area contributed by atoms with Crippen molar-refractivity contribution in [3.05, 3.63) is 23.4 Å². The van der Waals surface area contributed by atoms with Crippen LogP contribution in [0.5, 0.6) is 0 Å². The molecule has 1 aromatic heterocycles. The number of nitrogens with zero attached hydrogens (tertiary/aromatic N) is 2. The Hall–Kier alpha value is -0.970. The van der Waals surface area contributed by atoms with Gasteiger partial charge in [-0.2, -0.15) is 13.2 Å². The third-order valence-electron chi connectivity index (χ3n) is 2.79. The molecule has 1 heterocycles. The fourth-order valence-electron chi connectivity index (χ4n) is 1.92. The molecule has 0 bridgehead atoms. The second-order valence-electron chi connectivity index (χ2n) is 4.58. The molecule has 1 aliphatic carbocycles. The standard InChI is InChI=1S/C12H14ClF3N2/c1-8-4-9(6-13)5-11(17-8)18(10-2-3-10)7-12(14,15)16/h4-5,10H,2-3,6-7H2,1H3. The van der Waals surface area contributed by atoms with E-state index in [1.54, 1.807) is 19.1 Å². The average Bonchev–Trinajstić information content (AvgIpc) is 3.07. The molecule has 0 aliphatic heterocycles. The van der Waals surface area contributed by atoms with Gasteiger partial charge < -0.3 is 4.90 Å². The second-order valence-corrected chi connectivity index (χ2v) is 4.85. The lowest BCUT2D eigenvalue weighted by molar-refractivity contribution is -0.120. The first-order chi connectivity index (χ1) is 8.39. The summed E-state index contributed by atoms with van der Waals surface area (Å²) in [6, 6.07) is 3.39. The van der Waals surface area contributed by atoms with Gasteiger partial charge in [-0.1, -0.05) is 0 Å². The van der Waals surface area contributed by atoms with Crippen LogP contribution in [-0.2, 0) is 5.88 Å². The zero-order chi connectivity index (χ0) is 13.3. The van der Waals surface area contributed by atoms with E-state index in [2.05, 4.69) is 4.98 Å². The van der Waals surface area contributed by atoms with Gasteiger partial charge in [-0.05, 0) is 37.5 Å². The summed E-state index contributed by atoms with van der Waals surface area (Å²) in [6.07, 6.45) is -2.63. The summed E-state index contributed by atoms with van der Waals surface area (Å²) in [4.78, 5) is 5.53. The van der Waals surface area contributed by atoms with Gasteiger partial charge in [-0.15, -0.1) is 11.6 Å². The van der Waals surface area contributed by atoms with Crippen LogP contribution in [0, 0.1) is 6.92 Å². The predicted molar refractivity (Wildman–Crippen MR) is 65.0 cm³/mol. The molecule has 0 radical (unpaired) electrons. The highest BCUT2D eigenvalue weighted by atomic mass is 35.5. The van der Waals surface area contributed by atoms with E-state index < -0.39 is 12.7 Å². The summed E-state index contributed by atoms with van der Waals surface area (Å²) >= 11 is 5.74. The maximum absolute atomic E-state index is 12.6. The molecule has 0 saturated heterocycles. The Bertz CT molecular complexity index is 430. The van der Waals surface area contributed by atoms with E-state index in [4.69, 9.17) is 11.6 Å². The minimum atomic E-state index is -4.21. The van der Waals surface area contributed by atoms with Crippen LogP contribution in [0.1, 0.15) is 24.1 Å². The van der Waals surface area contributed by atoms with Gasteiger partial charge in [0, 0.05) is 17.6 Å². The molecule has 6 heteroatoms. The average molecular weight is 279 g/mol. The Labute approximate surface area is 109 Å². The van der Waals surface area contributed by atoms with Crippen molar-refractivity contribution >= 4 is 17.4 Å². The Balaban J connectivity index is 2.27. The van der Waals surface area contributed by atoms with Gasteiger partial charge in [-0.25, -0.2) is 4.98 Å². The number of hydrogen-bond acceptors (Lipinski definition) is 2. The van der Waals surface area contributed by atoms with Crippen molar-refractivity contribution < 1.29 is 13.2 Å². The molecule has 100 valence electrons. The van der Waals surface area contributed by atoms with Crippen molar-refractivity contribution in [2.75, 3.05) is 11.4 Å². The zero-order valence-electron chi connectivity index (χ0n) is 9.97. The van der Waals surface area contributed by atoms with Crippen molar-refractivity contribution in [2.24, 2.45) is 0 Å². The number of aromatic nitrogens is 1. The molecule has 0 unspecified atom stereocenters. The first kappa shape index (κ1) is 13.5. The van der Waals surface area contributed by atoms with Crippen molar-refractivity contribution in [2.45, 2.75) is 37.9 Å². The van der Waals surface area contributed by atoms with Crippen LogP contribution < -0.4 is 4.90 Å². The number of aryl methyl sites for hydroxylation is 1. The fraction of sp³-hybridized carbons (Fsp3) is 0.583. The normalized spacial score (nSPS) is 15.8. The van der Waals surface area contributed by atoms with Crippen molar-refractivity contribution in [3.63, 3.8) is 0 Å². The third kappa shape index (κ3) is 3.51. The van der Waals surface area contributed by atoms with Gasteiger partial charge >= 0.3 is 6.18 Å². The minimum absolute atomic E-state index is 0.0379. The van der Waals surface area contributed by atoms with Crippen LogP contribution in [0.3, 0.4) is 0 Å². The zero-order valence-corrected chi connectivity index (χ0v) is 10.7. The fourth-order valence-corrected chi connectivity index (χ4v) is 2.08. The van der Waals surface area contributed by atoms with E-state index in [1.807, 2.05) is 0 Å². The van der Waals surface area contributed by atoms with E-state index >= 15 is 0 Å². The maximum atomic E-state index is 12.6. The van der Waals surface area contributed by atoms with Crippen molar-refractivity contribution in [3.8, 4) is 0 Å². The van der Waals surface area contributed by atoms with E-state index in [0.29, 0.717) is 11.5 Å². The van der Waals surface area contributed by atoms with Crippen LogP contribution in [0.15, 0.2) is 12.1 Å². The third-order valence-corrected chi connectivity index (χ3v) is 3.09. The van der Waals surface area contributed by atoms with Crippen LogP contribution in [0.4, 0.5) is 19.0 Å². The summed E-state index contributed by atoms with van der Waals surface area (Å²) in [5.74, 6) is 0.659. The molecule has 2 nitrogen and oxygen atoms in total. The first-order valence-corrected chi connectivity index (χ1v) is 6.29. The van der Waals surface area contributed by atoms with Crippen LogP contribution in [0.2, 0.25) is 0 Å². The molecule has 1 aromatic rings. The Morgan fingerprint density at radius 1 is 1.39 bits per heavy atom. The SMILES string of the molecule is Cc1cc(CCl)cc(N(CC(F)(F)F)C2CC2)n1. The number of pyridine rings is 1. The first-order valence-electron chi connectivity index (χ1n) is 5.76. The molecule has 0 aromatic carbocycles. The van der Waals surface area contributed by atoms with Gasteiger partial charge in [0.25, 0.3) is 0 Å². The smallest absolute Gasteiger partial charge is 0.345 e. The summed E-state index contributed by atoms with van der Waals surface area (Å²) in [5.41, 5.74) is 1.49. The molecule has 0 amide bonds. The van der Waals surface area contributed by atoms with Gasteiger partial charge in [0.15, 0.2) is 0 Å². The maximum Gasteiger partial charge on any atom is 0.405 e. The van der Waals surface area contributed by atoms with Crippen LogP contribution in [-0.4, -0.2) is 23.7 Å². The highest BCUT2D eigenvalue weighted by molar-refractivity contribution is 6.17. The number of halogens is 4. The lowest BCUT2D eigenvalue weighted by Crippen LogP contribution is -2.36. The molecule has 1 fully saturated rings. The summed E-state index contributed by atoms with van der Waals surface area (Å²) in [5, 5.41) is 0. The Morgan fingerprint density at radius 2 is 2.06 bits per heavy atom. The Morgan fingerprint density at radius 3 is 2.56 bits per heavy atom. The monoisotopic (exact) mass is 278 g/mol. The quantitative estimate of drug-likeness (QED) is 0.782. The molecule has 2 rings (SSSR count). The highest BCUT2D eigenvalue weighted by Gasteiger charge is 2.38. The number of hydrogen-bond donors (Lipinski definition) is 0. The number of rotatable bonds is 4. The summed E-state index contributed by atoms with van der Waals surface area (Å²) in [7, 11) is 0.